The van der Waals surface area contributed by atoms with Crippen molar-refractivity contribution in [1.82, 2.24) is 9.80 Å². The van der Waals surface area contributed by atoms with E-state index in [-0.39, 0.29) is 11.8 Å². The highest BCUT2D eigenvalue weighted by molar-refractivity contribution is 5.95. The predicted octanol–water partition coefficient (Wildman–Crippen LogP) is 2.06. The van der Waals surface area contributed by atoms with Gasteiger partial charge in [0.15, 0.2) is 0 Å². The minimum Gasteiger partial charge on any atom is -0.336 e. The molecule has 0 saturated carbocycles. The van der Waals surface area contributed by atoms with Gasteiger partial charge >= 0.3 is 0 Å². The lowest BCUT2D eigenvalue weighted by molar-refractivity contribution is -0.114. The first-order valence-electron chi connectivity index (χ1n) is 7.85. The van der Waals surface area contributed by atoms with E-state index in [9.17, 15) is 9.59 Å². The maximum atomic E-state index is 12.5. The second-order valence-corrected chi connectivity index (χ2v) is 6.25. The van der Waals surface area contributed by atoms with E-state index >= 15 is 0 Å². The fourth-order valence-electron chi connectivity index (χ4n) is 2.73. The molecule has 1 fully saturated rings. The summed E-state index contributed by atoms with van der Waals surface area (Å²) in [6.07, 6.45) is 0. The summed E-state index contributed by atoms with van der Waals surface area (Å²) in [5, 5.41) is 2.70. The summed E-state index contributed by atoms with van der Waals surface area (Å²) in [4.78, 5) is 27.8. The number of rotatable bonds is 4. The zero-order valence-corrected chi connectivity index (χ0v) is 13.6. The number of anilines is 1. The van der Waals surface area contributed by atoms with Crippen LogP contribution < -0.4 is 5.32 Å². The number of piperazine rings is 1. The van der Waals surface area contributed by atoms with Crippen LogP contribution in [0.2, 0.25) is 0 Å². The van der Waals surface area contributed by atoms with E-state index in [0.717, 1.165) is 32.7 Å². The Morgan fingerprint density at radius 3 is 2.18 bits per heavy atom. The number of nitrogens with one attached hydrogen (secondary N) is 1. The van der Waals surface area contributed by atoms with Crippen LogP contribution in [0.15, 0.2) is 24.3 Å². The van der Waals surface area contributed by atoms with Crippen LogP contribution >= 0.6 is 0 Å². The summed E-state index contributed by atoms with van der Waals surface area (Å²) in [7, 11) is 0. The first kappa shape index (κ1) is 16.5. The van der Waals surface area contributed by atoms with Gasteiger partial charge in [-0.05, 0) is 30.2 Å². The molecule has 2 rings (SSSR count). The van der Waals surface area contributed by atoms with Crippen LogP contribution in [0, 0.1) is 5.92 Å². The maximum Gasteiger partial charge on any atom is 0.253 e. The molecule has 1 saturated heterocycles. The molecule has 1 heterocycles. The molecule has 5 heteroatoms. The van der Waals surface area contributed by atoms with Crippen LogP contribution in [-0.2, 0) is 4.79 Å². The summed E-state index contributed by atoms with van der Waals surface area (Å²) < 4.78 is 0. The summed E-state index contributed by atoms with van der Waals surface area (Å²) in [5.74, 6) is 0.613. The lowest BCUT2D eigenvalue weighted by Gasteiger charge is -2.35. The molecule has 0 unspecified atom stereocenters. The van der Waals surface area contributed by atoms with Crippen molar-refractivity contribution in [2.45, 2.75) is 20.8 Å². The van der Waals surface area contributed by atoms with Crippen molar-refractivity contribution in [1.29, 1.82) is 0 Å². The largest absolute Gasteiger partial charge is 0.336 e. The normalized spacial score (nSPS) is 15.9. The Hall–Kier alpha value is -1.88. The van der Waals surface area contributed by atoms with Crippen LogP contribution in [0.1, 0.15) is 31.1 Å². The summed E-state index contributed by atoms with van der Waals surface area (Å²) in [6, 6.07) is 7.08. The van der Waals surface area contributed by atoms with Gasteiger partial charge in [0.1, 0.15) is 0 Å². The van der Waals surface area contributed by atoms with Gasteiger partial charge in [-0.3, -0.25) is 14.5 Å². The molecule has 0 bridgehead atoms. The molecule has 0 radical (unpaired) electrons. The summed E-state index contributed by atoms with van der Waals surface area (Å²) in [5.41, 5.74) is 1.39. The van der Waals surface area contributed by atoms with Crippen LogP contribution in [0.5, 0.6) is 0 Å². The Morgan fingerprint density at radius 2 is 1.68 bits per heavy atom. The molecule has 0 atom stereocenters. The van der Waals surface area contributed by atoms with Crippen molar-refractivity contribution in [2.75, 3.05) is 38.0 Å². The van der Waals surface area contributed by atoms with Gasteiger partial charge in [0.2, 0.25) is 5.91 Å². The van der Waals surface area contributed by atoms with Crippen LogP contribution in [-0.4, -0.2) is 54.3 Å². The highest BCUT2D eigenvalue weighted by atomic mass is 16.2. The number of nitrogens with zero attached hydrogens (tertiary/aromatic N) is 2. The Balaban J connectivity index is 1.91. The average Bonchev–Trinajstić information content (AvgIpc) is 2.47. The lowest BCUT2D eigenvalue weighted by Crippen LogP contribution is -2.49. The molecule has 1 aliphatic rings. The highest BCUT2D eigenvalue weighted by Gasteiger charge is 2.22. The number of carbonyl (C=O) groups is 2. The van der Waals surface area contributed by atoms with Gasteiger partial charge in [-0.1, -0.05) is 13.8 Å². The van der Waals surface area contributed by atoms with Gasteiger partial charge in [0.05, 0.1) is 0 Å². The predicted molar refractivity (Wildman–Crippen MR) is 87.9 cm³/mol. The van der Waals surface area contributed by atoms with E-state index in [1.165, 1.54) is 6.92 Å². The van der Waals surface area contributed by atoms with E-state index in [1.807, 2.05) is 4.90 Å². The first-order chi connectivity index (χ1) is 10.5. The van der Waals surface area contributed by atoms with Crippen molar-refractivity contribution in [3.63, 3.8) is 0 Å². The van der Waals surface area contributed by atoms with E-state index in [2.05, 4.69) is 24.1 Å². The monoisotopic (exact) mass is 303 g/mol. The Kier molecular flexibility index (Phi) is 5.55. The Bertz CT molecular complexity index is 517. The molecule has 120 valence electrons. The number of hydrogen-bond donors (Lipinski definition) is 1. The molecular formula is C17H25N3O2. The van der Waals surface area contributed by atoms with Crippen molar-refractivity contribution in [3.05, 3.63) is 29.8 Å². The molecule has 1 aromatic carbocycles. The highest BCUT2D eigenvalue weighted by Crippen LogP contribution is 2.13. The van der Waals surface area contributed by atoms with E-state index in [4.69, 9.17) is 0 Å². The molecule has 1 aliphatic heterocycles. The quantitative estimate of drug-likeness (QED) is 0.926. The van der Waals surface area contributed by atoms with Crippen molar-refractivity contribution >= 4 is 17.5 Å². The van der Waals surface area contributed by atoms with Crippen molar-refractivity contribution in [2.24, 2.45) is 5.92 Å². The van der Waals surface area contributed by atoms with Crippen LogP contribution in [0.3, 0.4) is 0 Å². The zero-order valence-electron chi connectivity index (χ0n) is 13.6. The topological polar surface area (TPSA) is 52.7 Å². The van der Waals surface area contributed by atoms with E-state index in [0.29, 0.717) is 17.2 Å². The number of carbonyl (C=O) groups excluding carboxylic acids is 2. The van der Waals surface area contributed by atoms with Crippen LogP contribution in [0.4, 0.5) is 5.69 Å². The van der Waals surface area contributed by atoms with Gasteiger partial charge in [0.25, 0.3) is 5.91 Å². The molecule has 0 aliphatic carbocycles. The van der Waals surface area contributed by atoms with Gasteiger partial charge < -0.3 is 10.2 Å². The van der Waals surface area contributed by atoms with Crippen LogP contribution in [0.25, 0.3) is 0 Å². The zero-order chi connectivity index (χ0) is 16.1. The number of hydrogen-bond acceptors (Lipinski definition) is 3. The van der Waals surface area contributed by atoms with Gasteiger partial charge in [-0.25, -0.2) is 0 Å². The minimum atomic E-state index is -0.111. The average molecular weight is 303 g/mol. The Morgan fingerprint density at radius 1 is 1.09 bits per heavy atom. The number of amides is 2. The van der Waals surface area contributed by atoms with Crippen molar-refractivity contribution < 1.29 is 9.59 Å². The molecule has 22 heavy (non-hydrogen) atoms. The fraction of sp³-hybridized carbons (Fsp3) is 0.529. The van der Waals surface area contributed by atoms with E-state index in [1.54, 1.807) is 24.3 Å². The van der Waals surface area contributed by atoms with Gasteiger partial charge in [-0.2, -0.15) is 0 Å². The minimum absolute atomic E-state index is 0.0681. The molecular weight excluding hydrogens is 278 g/mol. The van der Waals surface area contributed by atoms with Crippen molar-refractivity contribution in [3.8, 4) is 0 Å². The summed E-state index contributed by atoms with van der Waals surface area (Å²) >= 11 is 0. The second-order valence-electron chi connectivity index (χ2n) is 6.25. The molecule has 2 amide bonds. The first-order valence-corrected chi connectivity index (χ1v) is 7.85. The van der Waals surface area contributed by atoms with E-state index < -0.39 is 0 Å². The maximum absolute atomic E-state index is 12.5. The molecule has 1 N–H and O–H groups in total. The van der Waals surface area contributed by atoms with Gasteiger partial charge in [-0.15, -0.1) is 0 Å². The Labute approximate surface area is 132 Å². The SMILES string of the molecule is CC(=O)Nc1ccc(C(=O)N2CCN(CC(C)C)CC2)cc1. The molecule has 0 aromatic heterocycles. The molecule has 0 spiro atoms. The third-order valence-corrected chi connectivity index (χ3v) is 3.74. The standard InChI is InChI=1S/C17H25N3O2/c1-13(2)12-19-8-10-20(11-9-19)17(22)15-4-6-16(7-5-15)18-14(3)21/h4-7,13H,8-12H2,1-3H3,(H,18,21). The fourth-order valence-corrected chi connectivity index (χ4v) is 2.73. The smallest absolute Gasteiger partial charge is 0.253 e. The van der Waals surface area contributed by atoms with Gasteiger partial charge in [0, 0.05) is 50.9 Å². The second kappa shape index (κ2) is 7.40. The number of benzene rings is 1. The lowest BCUT2D eigenvalue weighted by atomic mass is 10.1. The third kappa shape index (κ3) is 4.56. The third-order valence-electron chi connectivity index (χ3n) is 3.74. The molecule has 1 aromatic rings. The molecule has 5 nitrogen and oxygen atoms in total. The summed E-state index contributed by atoms with van der Waals surface area (Å²) in [6.45, 7) is 10.4.